The van der Waals surface area contributed by atoms with Crippen LogP contribution in [0.2, 0.25) is 0 Å². The Kier molecular flexibility index (Phi) is 3.57. The smallest absolute Gasteiger partial charge is 0.326 e. The lowest BCUT2D eigenvalue weighted by Crippen LogP contribution is -2.14. The minimum absolute atomic E-state index is 0.0103. The summed E-state index contributed by atoms with van der Waals surface area (Å²) in [6.07, 6.45) is -4.47. The zero-order chi connectivity index (χ0) is 11.6. The van der Waals surface area contributed by atoms with Gasteiger partial charge in [-0.15, -0.1) is 0 Å². The van der Waals surface area contributed by atoms with Crippen LogP contribution in [0.4, 0.5) is 13.2 Å². The second-order valence-corrected chi connectivity index (χ2v) is 3.96. The Morgan fingerprint density at radius 1 is 1.40 bits per heavy atom. The molecule has 2 N–H and O–H groups in total. The monoisotopic (exact) mass is 326 g/mol. The predicted molar refractivity (Wildman–Crippen MR) is 56.8 cm³/mol. The lowest BCUT2D eigenvalue weighted by atomic mass is 10.0. The summed E-state index contributed by atoms with van der Waals surface area (Å²) in [4.78, 5) is 0. The Balaban J connectivity index is 3.48. The molecule has 0 aliphatic rings. The highest BCUT2D eigenvalue weighted by atomic mass is 127. The minimum atomic E-state index is -4.47. The van der Waals surface area contributed by atoms with Gasteiger partial charge in [-0.1, -0.05) is 0 Å². The molecule has 1 aromatic carbocycles. The maximum absolute atomic E-state index is 12.6. The van der Waals surface area contributed by atoms with Gasteiger partial charge in [0.2, 0.25) is 0 Å². The predicted octanol–water partition coefficient (Wildman–Crippen LogP) is 2.64. The van der Waals surface area contributed by atoms with Gasteiger partial charge >= 0.3 is 6.18 Å². The fourth-order valence-electron chi connectivity index (χ4n) is 1.16. The molecule has 0 bridgehead atoms. The normalized spacial score (nSPS) is 11.2. The second-order valence-electron chi connectivity index (χ2n) is 2.80. The van der Waals surface area contributed by atoms with Crippen LogP contribution in [0.15, 0.2) is 12.1 Å². The number of nitrogens with zero attached hydrogens (tertiary/aromatic N) is 1. The highest BCUT2D eigenvalue weighted by Gasteiger charge is 2.34. The summed E-state index contributed by atoms with van der Waals surface area (Å²) in [5.41, 5.74) is 4.45. The molecule has 0 saturated heterocycles. The molecule has 0 amide bonds. The van der Waals surface area contributed by atoms with E-state index >= 15 is 0 Å². The third kappa shape index (κ3) is 2.60. The van der Waals surface area contributed by atoms with E-state index in [1.54, 1.807) is 28.7 Å². The maximum atomic E-state index is 12.6. The Labute approximate surface area is 98.0 Å². The van der Waals surface area contributed by atoms with Crippen LogP contribution in [0.3, 0.4) is 0 Å². The Hall–Kier alpha value is -0.810. The van der Waals surface area contributed by atoms with Crippen LogP contribution in [0.5, 0.6) is 0 Å². The minimum Gasteiger partial charge on any atom is -0.326 e. The summed E-state index contributed by atoms with van der Waals surface area (Å²) in [7, 11) is 0. The van der Waals surface area contributed by atoms with Gasteiger partial charge in [0.15, 0.2) is 0 Å². The molecule has 0 aliphatic heterocycles. The standard InChI is InChI=1S/C9H6F3IN2/c10-9(11,12)7-1-5(3-14)2-8(13)6(7)4-15/h1-2H,4,15H2. The third-order valence-corrected chi connectivity index (χ3v) is 2.80. The van der Waals surface area contributed by atoms with Crippen molar-refractivity contribution in [1.82, 2.24) is 0 Å². The van der Waals surface area contributed by atoms with E-state index in [4.69, 9.17) is 11.0 Å². The largest absolute Gasteiger partial charge is 0.416 e. The van der Waals surface area contributed by atoms with E-state index in [9.17, 15) is 13.2 Å². The third-order valence-electron chi connectivity index (χ3n) is 1.83. The van der Waals surface area contributed by atoms with E-state index < -0.39 is 11.7 Å². The summed E-state index contributed by atoms with van der Waals surface area (Å²) in [6, 6.07) is 3.90. The number of hydrogen-bond acceptors (Lipinski definition) is 2. The second kappa shape index (κ2) is 4.37. The van der Waals surface area contributed by atoms with E-state index in [0.717, 1.165) is 6.07 Å². The van der Waals surface area contributed by atoms with Gasteiger partial charge in [0.25, 0.3) is 0 Å². The van der Waals surface area contributed by atoms with Crippen molar-refractivity contribution in [3.63, 3.8) is 0 Å². The van der Waals surface area contributed by atoms with Gasteiger partial charge in [-0.25, -0.2) is 0 Å². The van der Waals surface area contributed by atoms with E-state index in [2.05, 4.69) is 0 Å². The lowest BCUT2D eigenvalue weighted by Gasteiger charge is -2.13. The average molecular weight is 326 g/mol. The molecule has 0 atom stereocenters. The summed E-state index contributed by atoms with van der Waals surface area (Å²) >= 11 is 1.74. The number of alkyl halides is 3. The molecular weight excluding hydrogens is 320 g/mol. The van der Waals surface area contributed by atoms with Gasteiger partial charge < -0.3 is 5.73 Å². The van der Waals surface area contributed by atoms with Crippen molar-refractivity contribution in [2.24, 2.45) is 5.73 Å². The van der Waals surface area contributed by atoms with Crippen LogP contribution in [-0.4, -0.2) is 0 Å². The van der Waals surface area contributed by atoms with Gasteiger partial charge in [-0.3, -0.25) is 0 Å². The summed E-state index contributed by atoms with van der Waals surface area (Å²) in [5.74, 6) is 0. The lowest BCUT2D eigenvalue weighted by molar-refractivity contribution is -0.138. The number of benzene rings is 1. The Morgan fingerprint density at radius 3 is 2.40 bits per heavy atom. The molecule has 0 heterocycles. The zero-order valence-corrected chi connectivity index (χ0v) is 9.56. The molecule has 0 aliphatic carbocycles. The van der Waals surface area contributed by atoms with E-state index in [-0.39, 0.29) is 17.7 Å². The van der Waals surface area contributed by atoms with Crippen molar-refractivity contribution in [1.29, 1.82) is 5.26 Å². The van der Waals surface area contributed by atoms with Crippen molar-refractivity contribution in [3.8, 4) is 6.07 Å². The molecule has 0 unspecified atom stereocenters. The SMILES string of the molecule is N#Cc1cc(I)c(CN)c(C(F)(F)F)c1. The van der Waals surface area contributed by atoms with Crippen LogP contribution in [0.1, 0.15) is 16.7 Å². The van der Waals surface area contributed by atoms with Crippen LogP contribution < -0.4 is 5.73 Å². The quantitative estimate of drug-likeness (QED) is 0.807. The molecule has 80 valence electrons. The van der Waals surface area contributed by atoms with E-state index in [0.29, 0.717) is 3.57 Å². The highest BCUT2D eigenvalue weighted by Crippen LogP contribution is 2.34. The number of halogens is 4. The van der Waals surface area contributed by atoms with Crippen LogP contribution >= 0.6 is 22.6 Å². The average Bonchev–Trinajstić information content (AvgIpc) is 2.15. The Morgan fingerprint density at radius 2 is 2.00 bits per heavy atom. The molecule has 2 nitrogen and oxygen atoms in total. The topological polar surface area (TPSA) is 49.8 Å². The van der Waals surface area contributed by atoms with Gasteiger partial charge in [-0.05, 0) is 40.3 Å². The van der Waals surface area contributed by atoms with Crippen LogP contribution in [0, 0.1) is 14.9 Å². The van der Waals surface area contributed by atoms with Crippen molar-refractivity contribution in [3.05, 3.63) is 32.4 Å². The van der Waals surface area contributed by atoms with Gasteiger partial charge in [0.1, 0.15) is 0 Å². The summed E-state index contributed by atoms with van der Waals surface area (Å²) in [6.45, 7) is -0.196. The Bertz CT molecular complexity index is 421. The van der Waals surface area contributed by atoms with Gasteiger partial charge in [0.05, 0.1) is 17.2 Å². The number of hydrogen-bond donors (Lipinski definition) is 1. The number of rotatable bonds is 1. The van der Waals surface area contributed by atoms with Crippen molar-refractivity contribution >= 4 is 22.6 Å². The van der Waals surface area contributed by atoms with Gasteiger partial charge in [0, 0.05) is 10.1 Å². The maximum Gasteiger partial charge on any atom is 0.416 e. The number of nitriles is 1. The van der Waals surface area contributed by atoms with Crippen molar-refractivity contribution in [2.45, 2.75) is 12.7 Å². The molecule has 0 saturated carbocycles. The molecule has 0 spiro atoms. The van der Waals surface area contributed by atoms with E-state index in [1.165, 1.54) is 6.07 Å². The molecule has 6 heteroatoms. The molecule has 0 radical (unpaired) electrons. The first-order valence-electron chi connectivity index (χ1n) is 3.90. The van der Waals surface area contributed by atoms with Crippen LogP contribution in [0.25, 0.3) is 0 Å². The molecule has 1 rings (SSSR count). The molecule has 0 fully saturated rings. The first-order chi connectivity index (χ1) is 6.90. The van der Waals surface area contributed by atoms with Gasteiger partial charge in [-0.2, -0.15) is 18.4 Å². The fraction of sp³-hybridized carbons (Fsp3) is 0.222. The van der Waals surface area contributed by atoms with Crippen molar-refractivity contribution in [2.75, 3.05) is 0 Å². The molecule has 1 aromatic rings. The first kappa shape index (κ1) is 12.3. The first-order valence-corrected chi connectivity index (χ1v) is 4.97. The zero-order valence-electron chi connectivity index (χ0n) is 7.40. The van der Waals surface area contributed by atoms with Crippen LogP contribution in [-0.2, 0) is 12.7 Å². The number of nitrogens with two attached hydrogens (primary N) is 1. The molecule has 15 heavy (non-hydrogen) atoms. The highest BCUT2D eigenvalue weighted by molar-refractivity contribution is 14.1. The fourth-order valence-corrected chi connectivity index (χ4v) is 2.01. The van der Waals surface area contributed by atoms with Crippen molar-refractivity contribution < 1.29 is 13.2 Å². The summed E-state index contributed by atoms with van der Waals surface area (Å²) < 4.78 is 38.1. The molecular formula is C9H6F3IN2. The van der Waals surface area contributed by atoms with E-state index in [1.807, 2.05) is 0 Å². The summed E-state index contributed by atoms with van der Waals surface area (Å²) in [5, 5.41) is 8.56. The molecule has 0 aromatic heterocycles.